The summed E-state index contributed by atoms with van der Waals surface area (Å²) in [6.45, 7) is 3.57. The van der Waals surface area contributed by atoms with Gasteiger partial charge in [-0.3, -0.25) is 0 Å². The van der Waals surface area contributed by atoms with Gasteiger partial charge in [-0.2, -0.15) is 0 Å². The predicted molar refractivity (Wildman–Crippen MR) is 94.6 cm³/mol. The fourth-order valence-corrected chi connectivity index (χ4v) is 3.47. The van der Waals surface area contributed by atoms with E-state index >= 15 is 0 Å². The summed E-state index contributed by atoms with van der Waals surface area (Å²) in [5.41, 5.74) is 1.82. The molecule has 24 heavy (non-hydrogen) atoms. The van der Waals surface area contributed by atoms with E-state index in [-0.39, 0.29) is 4.90 Å². The highest BCUT2D eigenvalue weighted by atomic mass is 79.9. The zero-order valence-electron chi connectivity index (χ0n) is 13.7. The second kappa shape index (κ2) is 6.94. The number of aryl methyl sites for hydroxylation is 2. The minimum atomic E-state index is -3.28. The maximum absolute atomic E-state index is 11.7. The highest BCUT2D eigenvalue weighted by molar-refractivity contribution is 9.10. The van der Waals surface area contributed by atoms with Crippen LogP contribution in [0.15, 0.2) is 39.7 Å². The van der Waals surface area contributed by atoms with Gasteiger partial charge in [-0.15, -0.1) is 0 Å². The van der Waals surface area contributed by atoms with E-state index in [4.69, 9.17) is 4.74 Å². The van der Waals surface area contributed by atoms with Crippen molar-refractivity contribution in [2.45, 2.75) is 18.7 Å². The van der Waals surface area contributed by atoms with E-state index < -0.39 is 15.8 Å². The zero-order valence-corrected chi connectivity index (χ0v) is 16.1. The first-order valence-electron chi connectivity index (χ1n) is 7.00. The number of ether oxygens (including phenoxy) is 2. The van der Waals surface area contributed by atoms with Gasteiger partial charge in [0.1, 0.15) is 11.5 Å². The molecule has 128 valence electrons. The number of hydrogen-bond acceptors (Lipinski definition) is 5. The second-order valence-electron chi connectivity index (χ2n) is 5.40. The SMILES string of the molecule is COC(=O)c1ccc(Oc2c(C)cc(S(C)(=O)=O)cc2C)c(Br)c1. The van der Waals surface area contributed by atoms with E-state index in [1.54, 1.807) is 44.2 Å². The van der Waals surface area contributed by atoms with E-state index in [9.17, 15) is 13.2 Å². The Morgan fingerprint density at radius 3 is 2.12 bits per heavy atom. The lowest BCUT2D eigenvalue weighted by molar-refractivity contribution is 0.0600. The zero-order chi connectivity index (χ0) is 18.1. The number of hydrogen-bond donors (Lipinski definition) is 0. The summed E-state index contributed by atoms with van der Waals surface area (Å²) < 4.78 is 34.6. The molecule has 0 aromatic heterocycles. The van der Waals surface area contributed by atoms with Crippen molar-refractivity contribution < 1.29 is 22.7 Å². The van der Waals surface area contributed by atoms with E-state index in [1.165, 1.54) is 13.4 Å². The first-order valence-corrected chi connectivity index (χ1v) is 9.69. The maximum Gasteiger partial charge on any atom is 0.337 e. The Bertz CT molecular complexity index is 880. The van der Waals surface area contributed by atoms with Crippen LogP contribution in [0.25, 0.3) is 0 Å². The minimum absolute atomic E-state index is 0.255. The summed E-state index contributed by atoms with van der Waals surface area (Å²) in [7, 11) is -1.96. The molecule has 0 heterocycles. The topological polar surface area (TPSA) is 69.7 Å². The number of benzene rings is 2. The van der Waals surface area contributed by atoms with Gasteiger partial charge in [0.25, 0.3) is 0 Å². The molecule has 0 unspecified atom stereocenters. The number of halogens is 1. The Hall–Kier alpha value is -1.86. The fourth-order valence-electron chi connectivity index (χ4n) is 2.22. The molecule has 5 nitrogen and oxygen atoms in total. The standard InChI is InChI=1S/C17H17BrO5S/c1-10-7-13(24(4,20)21)8-11(2)16(10)23-15-6-5-12(9-14(15)18)17(19)22-3/h5-9H,1-4H3. The number of esters is 1. The third kappa shape index (κ3) is 3.96. The molecule has 0 bridgehead atoms. The predicted octanol–water partition coefficient (Wildman–Crippen LogP) is 4.05. The largest absolute Gasteiger partial charge is 0.465 e. The van der Waals surface area contributed by atoms with Gasteiger partial charge >= 0.3 is 5.97 Å². The van der Waals surface area contributed by atoms with Crippen molar-refractivity contribution in [1.82, 2.24) is 0 Å². The van der Waals surface area contributed by atoms with Crippen LogP contribution in [0.5, 0.6) is 11.5 Å². The van der Waals surface area contributed by atoms with Crippen LogP contribution in [0.3, 0.4) is 0 Å². The molecule has 0 aliphatic heterocycles. The molecule has 0 saturated carbocycles. The maximum atomic E-state index is 11.7. The molecular weight excluding hydrogens is 396 g/mol. The van der Waals surface area contributed by atoms with Gasteiger partial charge in [0.2, 0.25) is 0 Å². The molecule has 0 fully saturated rings. The second-order valence-corrected chi connectivity index (χ2v) is 8.27. The molecule has 0 aliphatic carbocycles. The van der Waals surface area contributed by atoms with Crippen LogP contribution in [0.4, 0.5) is 0 Å². The van der Waals surface area contributed by atoms with E-state index in [1.807, 2.05) is 0 Å². The number of sulfone groups is 1. The molecule has 0 N–H and O–H groups in total. The molecule has 0 saturated heterocycles. The van der Waals surface area contributed by atoms with Crippen LogP contribution in [-0.2, 0) is 14.6 Å². The first kappa shape index (κ1) is 18.5. The lowest BCUT2D eigenvalue weighted by atomic mass is 10.1. The summed E-state index contributed by atoms with van der Waals surface area (Å²) >= 11 is 3.37. The fraction of sp³-hybridized carbons (Fsp3) is 0.235. The minimum Gasteiger partial charge on any atom is -0.465 e. The highest BCUT2D eigenvalue weighted by Crippen LogP contribution is 2.35. The van der Waals surface area contributed by atoms with Crippen molar-refractivity contribution in [1.29, 1.82) is 0 Å². The normalized spacial score (nSPS) is 11.2. The number of carbonyl (C=O) groups excluding carboxylic acids is 1. The van der Waals surface area contributed by atoms with Crippen LogP contribution in [-0.4, -0.2) is 27.8 Å². The Labute approximate surface area is 149 Å². The molecule has 0 aliphatic rings. The Kier molecular flexibility index (Phi) is 5.35. The molecule has 0 amide bonds. The number of methoxy groups -OCH3 is 1. The third-order valence-electron chi connectivity index (χ3n) is 3.43. The van der Waals surface area contributed by atoms with Gasteiger partial charge in [-0.25, -0.2) is 13.2 Å². The van der Waals surface area contributed by atoms with Crippen LogP contribution >= 0.6 is 15.9 Å². The molecule has 7 heteroatoms. The van der Waals surface area contributed by atoms with E-state index in [0.29, 0.717) is 32.7 Å². The van der Waals surface area contributed by atoms with Crippen LogP contribution in [0.1, 0.15) is 21.5 Å². The van der Waals surface area contributed by atoms with Crippen molar-refractivity contribution in [2.24, 2.45) is 0 Å². The molecule has 2 aromatic carbocycles. The highest BCUT2D eigenvalue weighted by Gasteiger charge is 2.15. The van der Waals surface area contributed by atoms with Crippen molar-refractivity contribution in [2.75, 3.05) is 13.4 Å². The van der Waals surface area contributed by atoms with Crippen molar-refractivity contribution >= 4 is 31.7 Å². The molecule has 0 spiro atoms. The quantitative estimate of drug-likeness (QED) is 0.708. The van der Waals surface area contributed by atoms with Crippen molar-refractivity contribution in [3.8, 4) is 11.5 Å². The van der Waals surface area contributed by atoms with Gasteiger partial charge < -0.3 is 9.47 Å². The van der Waals surface area contributed by atoms with Crippen LogP contribution in [0.2, 0.25) is 0 Å². The smallest absolute Gasteiger partial charge is 0.337 e. The lowest BCUT2D eigenvalue weighted by Gasteiger charge is -2.15. The summed E-state index contributed by atoms with van der Waals surface area (Å²) in [4.78, 5) is 11.8. The molecule has 2 aromatic rings. The van der Waals surface area contributed by atoms with Gasteiger partial charge in [0, 0.05) is 6.26 Å². The summed E-state index contributed by atoms with van der Waals surface area (Å²) in [5.74, 6) is 0.655. The Morgan fingerprint density at radius 2 is 1.67 bits per heavy atom. The van der Waals surface area contributed by atoms with Gasteiger partial charge in [0.15, 0.2) is 9.84 Å². The molecule has 0 atom stereocenters. The molecule has 2 rings (SSSR count). The van der Waals surface area contributed by atoms with E-state index in [2.05, 4.69) is 20.7 Å². The summed E-state index contributed by atoms with van der Waals surface area (Å²) in [5, 5.41) is 0. The molecular formula is C17H17BrO5S. The summed E-state index contributed by atoms with van der Waals surface area (Å²) in [6.07, 6.45) is 1.17. The van der Waals surface area contributed by atoms with Crippen molar-refractivity contribution in [3.63, 3.8) is 0 Å². The van der Waals surface area contributed by atoms with E-state index in [0.717, 1.165) is 0 Å². The summed E-state index contributed by atoms with van der Waals surface area (Å²) in [6, 6.07) is 8.01. The van der Waals surface area contributed by atoms with Crippen LogP contribution in [0, 0.1) is 13.8 Å². The van der Waals surface area contributed by atoms with Gasteiger partial charge in [-0.1, -0.05) is 0 Å². The van der Waals surface area contributed by atoms with Crippen molar-refractivity contribution in [3.05, 3.63) is 51.5 Å². The van der Waals surface area contributed by atoms with Gasteiger partial charge in [-0.05, 0) is 71.2 Å². The third-order valence-corrected chi connectivity index (χ3v) is 5.14. The van der Waals surface area contributed by atoms with Crippen LogP contribution < -0.4 is 4.74 Å². The first-order chi connectivity index (χ1) is 11.1. The Balaban J connectivity index is 2.40. The number of carbonyl (C=O) groups is 1. The monoisotopic (exact) mass is 412 g/mol. The Morgan fingerprint density at radius 1 is 1.08 bits per heavy atom. The molecule has 0 radical (unpaired) electrons. The number of rotatable bonds is 4. The average molecular weight is 413 g/mol. The lowest BCUT2D eigenvalue weighted by Crippen LogP contribution is -2.02. The average Bonchev–Trinajstić information content (AvgIpc) is 2.50. The van der Waals surface area contributed by atoms with Gasteiger partial charge in [0.05, 0.1) is 22.0 Å².